The molecule has 1 saturated heterocycles. The van der Waals surface area contributed by atoms with Gasteiger partial charge in [0.2, 0.25) is 0 Å². The first-order chi connectivity index (χ1) is 13.6. The number of nitrogens with one attached hydrogen (secondary N) is 1. The average Bonchev–Trinajstić information content (AvgIpc) is 3.20. The number of hydrogen-bond donors (Lipinski definition) is 1. The van der Waals surface area contributed by atoms with Crippen LogP contribution in [0.4, 0.5) is 0 Å². The molecular formula is C22H24N4O2. The number of aromatic nitrogens is 2. The standard InChI is InChI=1S/C22H24N4O2/c1-25-15-24-20-13-17(7-8-19(20)22(25)28)21(27)23-10-12-26-11-9-18(14-26)16-5-3-2-4-6-16/h2-8,13,15,18H,9-12,14H2,1H3,(H,23,27). The Morgan fingerprint density at radius 1 is 1.21 bits per heavy atom. The van der Waals surface area contributed by atoms with Crippen LogP contribution in [0.25, 0.3) is 10.9 Å². The maximum absolute atomic E-state index is 12.5. The van der Waals surface area contributed by atoms with Gasteiger partial charge in [0, 0.05) is 32.2 Å². The molecule has 2 heterocycles. The highest BCUT2D eigenvalue weighted by Crippen LogP contribution is 2.26. The van der Waals surface area contributed by atoms with E-state index in [0.717, 1.165) is 26.1 Å². The van der Waals surface area contributed by atoms with Crippen molar-refractivity contribution in [3.05, 3.63) is 76.3 Å². The molecule has 4 rings (SSSR count). The molecule has 3 aromatic rings. The summed E-state index contributed by atoms with van der Waals surface area (Å²) in [6.07, 6.45) is 2.63. The van der Waals surface area contributed by atoms with Crippen molar-refractivity contribution in [3.8, 4) is 0 Å². The molecule has 0 radical (unpaired) electrons. The Kier molecular flexibility index (Phi) is 5.21. The molecule has 1 aromatic heterocycles. The van der Waals surface area contributed by atoms with Gasteiger partial charge in [-0.25, -0.2) is 4.98 Å². The fourth-order valence-corrected chi connectivity index (χ4v) is 3.81. The van der Waals surface area contributed by atoms with Crippen LogP contribution in [0.15, 0.2) is 59.7 Å². The number of nitrogens with zero attached hydrogens (tertiary/aromatic N) is 3. The lowest BCUT2D eigenvalue weighted by Crippen LogP contribution is -2.33. The number of hydrogen-bond acceptors (Lipinski definition) is 4. The lowest BCUT2D eigenvalue weighted by atomic mass is 9.99. The Morgan fingerprint density at radius 2 is 2.04 bits per heavy atom. The van der Waals surface area contributed by atoms with Gasteiger partial charge in [-0.2, -0.15) is 0 Å². The fourth-order valence-electron chi connectivity index (χ4n) is 3.81. The quantitative estimate of drug-likeness (QED) is 0.741. The maximum atomic E-state index is 12.5. The van der Waals surface area contributed by atoms with Crippen LogP contribution in [-0.2, 0) is 7.05 Å². The molecule has 6 nitrogen and oxygen atoms in total. The Hall–Kier alpha value is -2.99. The number of carbonyl (C=O) groups excluding carboxylic acids is 1. The lowest BCUT2D eigenvalue weighted by Gasteiger charge is -2.16. The molecule has 0 bridgehead atoms. The number of benzene rings is 2. The van der Waals surface area contributed by atoms with Crippen molar-refractivity contribution < 1.29 is 4.79 Å². The van der Waals surface area contributed by atoms with E-state index in [0.29, 0.717) is 28.9 Å². The van der Waals surface area contributed by atoms with Gasteiger partial charge in [-0.05, 0) is 42.6 Å². The van der Waals surface area contributed by atoms with Gasteiger partial charge in [-0.3, -0.25) is 9.59 Å². The lowest BCUT2D eigenvalue weighted by molar-refractivity contribution is 0.0950. The van der Waals surface area contributed by atoms with Gasteiger partial charge in [-0.1, -0.05) is 30.3 Å². The number of aryl methyl sites for hydroxylation is 1. The first-order valence-electron chi connectivity index (χ1n) is 9.63. The minimum absolute atomic E-state index is 0.112. The zero-order valence-corrected chi connectivity index (χ0v) is 16.0. The predicted octanol–water partition coefficient (Wildman–Crippen LogP) is 2.15. The number of amides is 1. The number of fused-ring (bicyclic) bond motifs is 1. The summed E-state index contributed by atoms with van der Waals surface area (Å²) in [5.41, 5.74) is 2.35. The molecule has 1 unspecified atom stereocenters. The van der Waals surface area contributed by atoms with Crippen molar-refractivity contribution in [2.45, 2.75) is 12.3 Å². The first kappa shape index (κ1) is 18.4. The van der Waals surface area contributed by atoms with Gasteiger partial charge in [0.05, 0.1) is 17.2 Å². The molecule has 1 aliphatic rings. The van der Waals surface area contributed by atoms with Crippen LogP contribution in [0.1, 0.15) is 28.3 Å². The molecule has 1 aliphatic heterocycles. The van der Waals surface area contributed by atoms with Gasteiger partial charge in [0.1, 0.15) is 0 Å². The zero-order valence-electron chi connectivity index (χ0n) is 16.0. The van der Waals surface area contributed by atoms with E-state index in [1.165, 1.54) is 16.5 Å². The zero-order chi connectivity index (χ0) is 19.5. The maximum Gasteiger partial charge on any atom is 0.260 e. The van der Waals surface area contributed by atoms with Crippen molar-refractivity contribution in [3.63, 3.8) is 0 Å². The van der Waals surface area contributed by atoms with E-state index in [1.807, 2.05) is 6.07 Å². The topological polar surface area (TPSA) is 67.2 Å². The van der Waals surface area contributed by atoms with E-state index < -0.39 is 0 Å². The molecule has 0 spiro atoms. The van der Waals surface area contributed by atoms with E-state index in [-0.39, 0.29) is 11.5 Å². The largest absolute Gasteiger partial charge is 0.351 e. The van der Waals surface area contributed by atoms with E-state index in [2.05, 4.69) is 39.5 Å². The van der Waals surface area contributed by atoms with Gasteiger partial charge in [0.25, 0.3) is 11.5 Å². The average molecular weight is 376 g/mol. The molecule has 1 N–H and O–H groups in total. The van der Waals surface area contributed by atoms with E-state index in [4.69, 9.17) is 0 Å². The molecule has 6 heteroatoms. The van der Waals surface area contributed by atoms with Crippen LogP contribution < -0.4 is 10.9 Å². The molecular weight excluding hydrogens is 352 g/mol. The summed E-state index contributed by atoms with van der Waals surface area (Å²) < 4.78 is 1.43. The van der Waals surface area contributed by atoms with E-state index >= 15 is 0 Å². The monoisotopic (exact) mass is 376 g/mol. The first-order valence-corrected chi connectivity index (χ1v) is 9.63. The Balaban J connectivity index is 1.32. The van der Waals surface area contributed by atoms with Gasteiger partial charge in [-0.15, -0.1) is 0 Å². The van der Waals surface area contributed by atoms with Crippen molar-refractivity contribution in [2.24, 2.45) is 7.05 Å². The van der Waals surface area contributed by atoms with Crippen LogP contribution in [0.2, 0.25) is 0 Å². The molecule has 2 aromatic carbocycles. The van der Waals surface area contributed by atoms with Crippen molar-refractivity contribution in [2.75, 3.05) is 26.2 Å². The summed E-state index contributed by atoms with van der Waals surface area (Å²) in [5, 5.41) is 3.50. The van der Waals surface area contributed by atoms with Gasteiger partial charge >= 0.3 is 0 Å². The second-order valence-electron chi connectivity index (χ2n) is 7.35. The molecule has 1 amide bonds. The van der Waals surface area contributed by atoms with Crippen LogP contribution >= 0.6 is 0 Å². The summed E-state index contributed by atoms with van der Waals surface area (Å²) in [5.74, 6) is 0.439. The van der Waals surface area contributed by atoms with E-state index in [9.17, 15) is 9.59 Å². The minimum atomic E-state index is -0.136. The van der Waals surface area contributed by atoms with Crippen LogP contribution in [0.3, 0.4) is 0 Å². The molecule has 144 valence electrons. The second-order valence-corrected chi connectivity index (χ2v) is 7.35. The van der Waals surface area contributed by atoms with Crippen LogP contribution in [0.5, 0.6) is 0 Å². The summed E-state index contributed by atoms with van der Waals surface area (Å²) in [4.78, 5) is 31.2. The summed E-state index contributed by atoms with van der Waals surface area (Å²) in [6.45, 7) is 3.52. The van der Waals surface area contributed by atoms with Crippen molar-refractivity contribution >= 4 is 16.8 Å². The highest BCUT2D eigenvalue weighted by atomic mass is 16.1. The second kappa shape index (κ2) is 7.94. The third-order valence-electron chi connectivity index (χ3n) is 5.44. The molecule has 1 fully saturated rings. The number of rotatable bonds is 5. The Morgan fingerprint density at radius 3 is 2.86 bits per heavy atom. The SMILES string of the molecule is Cn1cnc2cc(C(=O)NCCN3CCC(c4ccccc4)C3)ccc2c1=O. The molecule has 0 aliphatic carbocycles. The smallest absolute Gasteiger partial charge is 0.260 e. The third kappa shape index (κ3) is 3.82. The summed E-state index contributed by atoms with van der Waals surface area (Å²) in [6, 6.07) is 15.6. The number of likely N-dealkylation sites (tertiary alicyclic amines) is 1. The number of carbonyl (C=O) groups is 1. The Labute approximate surface area is 163 Å². The predicted molar refractivity (Wildman–Crippen MR) is 110 cm³/mol. The fraction of sp³-hybridized carbons (Fsp3) is 0.318. The van der Waals surface area contributed by atoms with Crippen LogP contribution in [0, 0.1) is 0 Å². The third-order valence-corrected chi connectivity index (χ3v) is 5.44. The van der Waals surface area contributed by atoms with Gasteiger partial charge < -0.3 is 14.8 Å². The Bertz CT molecular complexity index is 1050. The highest BCUT2D eigenvalue weighted by molar-refractivity contribution is 5.97. The van der Waals surface area contributed by atoms with Crippen molar-refractivity contribution in [1.82, 2.24) is 19.8 Å². The molecule has 0 saturated carbocycles. The van der Waals surface area contributed by atoms with Crippen molar-refractivity contribution in [1.29, 1.82) is 0 Å². The minimum Gasteiger partial charge on any atom is -0.351 e. The van der Waals surface area contributed by atoms with Crippen LogP contribution in [-0.4, -0.2) is 46.5 Å². The van der Waals surface area contributed by atoms with E-state index in [1.54, 1.807) is 25.2 Å². The summed E-state index contributed by atoms with van der Waals surface area (Å²) in [7, 11) is 1.66. The van der Waals surface area contributed by atoms with Gasteiger partial charge in [0.15, 0.2) is 0 Å². The highest BCUT2D eigenvalue weighted by Gasteiger charge is 2.23. The summed E-state index contributed by atoms with van der Waals surface area (Å²) >= 11 is 0. The molecule has 28 heavy (non-hydrogen) atoms. The normalized spacial score (nSPS) is 17.1. The molecule has 1 atom stereocenters.